The zero-order chi connectivity index (χ0) is 13.2. The first-order chi connectivity index (χ1) is 8.46. The van der Waals surface area contributed by atoms with Crippen LogP contribution in [-0.2, 0) is 6.54 Å². The molecule has 100 valence electrons. The third-order valence-electron chi connectivity index (χ3n) is 3.95. The van der Waals surface area contributed by atoms with E-state index in [2.05, 4.69) is 19.2 Å². The zero-order valence-electron chi connectivity index (χ0n) is 11.2. The van der Waals surface area contributed by atoms with Gasteiger partial charge in [0.2, 0.25) is 0 Å². The summed E-state index contributed by atoms with van der Waals surface area (Å²) in [5, 5.41) is 13.4. The number of hydrogen-bond donors (Lipinski definition) is 2. The second-order valence-corrected chi connectivity index (χ2v) is 6.51. The molecule has 0 amide bonds. The molecular weight excluding hydrogens is 246 g/mol. The standard InChI is InChI=1S/C15H22ClNO/c1-15(2)7-5-12(6-8-15)17-10-11-3-4-14(18)13(16)9-11/h3-4,9,12,17-18H,5-8,10H2,1-2H3. The Hall–Kier alpha value is -0.730. The lowest BCUT2D eigenvalue weighted by atomic mass is 9.75. The van der Waals surface area contributed by atoms with Gasteiger partial charge in [0, 0.05) is 12.6 Å². The van der Waals surface area contributed by atoms with Crippen LogP contribution in [0.5, 0.6) is 5.75 Å². The molecule has 0 unspecified atom stereocenters. The summed E-state index contributed by atoms with van der Waals surface area (Å²) in [6.07, 6.45) is 5.08. The molecule has 0 heterocycles. The maximum Gasteiger partial charge on any atom is 0.134 e. The lowest BCUT2D eigenvalue weighted by molar-refractivity contribution is 0.206. The van der Waals surface area contributed by atoms with E-state index >= 15 is 0 Å². The molecule has 1 saturated carbocycles. The van der Waals surface area contributed by atoms with Crippen LogP contribution in [0.1, 0.15) is 45.1 Å². The third-order valence-corrected chi connectivity index (χ3v) is 4.25. The highest BCUT2D eigenvalue weighted by atomic mass is 35.5. The SMILES string of the molecule is CC1(C)CCC(NCc2ccc(O)c(Cl)c2)CC1. The fourth-order valence-corrected chi connectivity index (χ4v) is 2.73. The third kappa shape index (κ3) is 3.63. The van der Waals surface area contributed by atoms with Gasteiger partial charge < -0.3 is 10.4 Å². The minimum Gasteiger partial charge on any atom is -0.506 e. The van der Waals surface area contributed by atoms with Gasteiger partial charge in [-0.25, -0.2) is 0 Å². The Kier molecular flexibility index (Phi) is 4.18. The Morgan fingerprint density at radius 2 is 2.00 bits per heavy atom. The van der Waals surface area contributed by atoms with Crippen molar-refractivity contribution < 1.29 is 5.11 Å². The molecule has 1 aliphatic carbocycles. The summed E-state index contributed by atoms with van der Waals surface area (Å²) in [6.45, 7) is 5.52. The first-order valence-corrected chi connectivity index (χ1v) is 7.05. The van der Waals surface area contributed by atoms with Gasteiger partial charge in [0.15, 0.2) is 0 Å². The zero-order valence-corrected chi connectivity index (χ0v) is 11.9. The van der Waals surface area contributed by atoms with E-state index in [0.29, 0.717) is 16.5 Å². The molecule has 18 heavy (non-hydrogen) atoms. The Morgan fingerprint density at radius 3 is 2.61 bits per heavy atom. The number of nitrogens with one attached hydrogen (secondary N) is 1. The van der Waals surface area contributed by atoms with Crippen molar-refractivity contribution in [3.05, 3.63) is 28.8 Å². The highest BCUT2D eigenvalue weighted by Gasteiger charge is 2.26. The van der Waals surface area contributed by atoms with Crippen LogP contribution in [0.2, 0.25) is 5.02 Å². The number of halogens is 1. The second-order valence-electron chi connectivity index (χ2n) is 6.11. The molecule has 1 aromatic carbocycles. The van der Waals surface area contributed by atoms with Gasteiger partial charge in [-0.15, -0.1) is 0 Å². The fourth-order valence-electron chi connectivity index (χ4n) is 2.53. The van der Waals surface area contributed by atoms with Crippen molar-refractivity contribution in [2.45, 2.75) is 52.1 Å². The molecule has 0 atom stereocenters. The summed E-state index contributed by atoms with van der Waals surface area (Å²) in [5.74, 6) is 0.153. The number of phenols is 1. The number of hydrogen-bond acceptors (Lipinski definition) is 2. The molecule has 0 aliphatic heterocycles. The molecule has 1 aliphatic rings. The molecular formula is C15H22ClNO. The maximum absolute atomic E-state index is 9.37. The smallest absolute Gasteiger partial charge is 0.134 e. The average molecular weight is 268 g/mol. The number of aromatic hydroxyl groups is 1. The number of phenolic OH excluding ortho intramolecular Hbond substituents is 1. The van der Waals surface area contributed by atoms with E-state index in [1.165, 1.54) is 25.7 Å². The van der Waals surface area contributed by atoms with Gasteiger partial charge in [0.05, 0.1) is 5.02 Å². The predicted octanol–water partition coefficient (Wildman–Crippen LogP) is 4.10. The second kappa shape index (κ2) is 5.50. The summed E-state index contributed by atoms with van der Waals surface area (Å²) in [7, 11) is 0. The molecule has 2 rings (SSSR count). The van der Waals surface area contributed by atoms with Crippen molar-refractivity contribution in [2.24, 2.45) is 5.41 Å². The molecule has 1 aromatic rings. The molecule has 1 fully saturated rings. The Balaban J connectivity index is 1.83. The molecule has 0 aromatic heterocycles. The van der Waals surface area contributed by atoms with Gasteiger partial charge in [-0.3, -0.25) is 0 Å². The van der Waals surface area contributed by atoms with Crippen LogP contribution in [0.3, 0.4) is 0 Å². The quantitative estimate of drug-likeness (QED) is 0.864. The van der Waals surface area contributed by atoms with E-state index in [1.807, 2.05) is 12.1 Å². The Labute approximate surface area is 114 Å². The van der Waals surface area contributed by atoms with Gasteiger partial charge in [-0.1, -0.05) is 31.5 Å². The summed E-state index contributed by atoms with van der Waals surface area (Å²) in [5.41, 5.74) is 1.64. The lowest BCUT2D eigenvalue weighted by Gasteiger charge is -2.34. The number of rotatable bonds is 3. The van der Waals surface area contributed by atoms with Crippen molar-refractivity contribution in [3.8, 4) is 5.75 Å². The summed E-state index contributed by atoms with van der Waals surface area (Å²) >= 11 is 5.89. The monoisotopic (exact) mass is 267 g/mol. The van der Waals surface area contributed by atoms with Crippen LogP contribution < -0.4 is 5.32 Å². The largest absolute Gasteiger partial charge is 0.506 e. The van der Waals surface area contributed by atoms with Crippen molar-refractivity contribution >= 4 is 11.6 Å². The molecule has 0 saturated heterocycles. The van der Waals surface area contributed by atoms with Crippen LogP contribution in [0.4, 0.5) is 0 Å². The van der Waals surface area contributed by atoms with Crippen LogP contribution in [-0.4, -0.2) is 11.1 Å². The molecule has 3 heteroatoms. The van der Waals surface area contributed by atoms with Gasteiger partial charge in [0.25, 0.3) is 0 Å². The minimum atomic E-state index is 0.153. The van der Waals surface area contributed by atoms with Gasteiger partial charge in [-0.2, -0.15) is 0 Å². The van der Waals surface area contributed by atoms with E-state index in [-0.39, 0.29) is 5.75 Å². The maximum atomic E-state index is 9.37. The van der Waals surface area contributed by atoms with Gasteiger partial charge >= 0.3 is 0 Å². The fraction of sp³-hybridized carbons (Fsp3) is 0.600. The molecule has 2 nitrogen and oxygen atoms in total. The summed E-state index contributed by atoms with van der Waals surface area (Å²) in [6, 6.07) is 6.02. The number of benzene rings is 1. The van der Waals surface area contributed by atoms with Crippen molar-refractivity contribution in [2.75, 3.05) is 0 Å². The normalized spacial score (nSPS) is 19.9. The van der Waals surface area contributed by atoms with Crippen molar-refractivity contribution in [1.82, 2.24) is 5.32 Å². The van der Waals surface area contributed by atoms with Crippen molar-refractivity contribution in [3.63, 3.8) is 0 Å². The van der Waals surface area contributed by atoms with Crippen LogP contribution in [0, 0.1) is 5.41 Å². The summed E-state index contributed by atoms with van der Waals surface area (Å²) < 4.78 is 0. The summed E-state index contributed by atoms with van der Waals surface area (Å²) in [4.78, 5) is 0. The van der Waals surface area contributed by atoms with E-state index in [0.717, 1.165) is 12.1 Å². The van der Waals surface area contributed by atoms with E-state index in [9.17, 15) is 5.11 Å². The van der Waals surface area contributed by atoms with Crippen molar-refractivity contribution in [1.29, 1.82) is 0 Å². The van der Waals surface area contributed by atoms with Crippen LogP contribution in [0.15, 0.2) is 18.2 Å². The Morgan fingerprint density at radius 1 is 1.33 bits per heavy atom. The highest BCUT2D eigenvalue weighted by Crippen LogP contribution is 2.35. The Bertz CT molecular complexity index is 407. The van der Waals surface area contributed by atoms with Crippen LogP contribution >= 0.6 is 11.6 Å². The minimum absolute atomic E-state index is 0.153. The van der Waals surface area contributed by atoms with E-state index in [1.54, 1.807) is 6.07 Å². The van der Waals surface area contributed by atoms with E-state index in [4.69, 9.17) is 11.6 Å². The first kappa shape index (κ1) is 13.7. The van der Waals surface area contributed by atoms with Gasteiger partial charge in [0.1, 0.15) is 5.75 Å². The predicted molar refractivity (Wildman–Crippen MR) is 76.0 cm³/mol. The molecule has 0 spiro atoms. The molecule has 0 bridgehead atoms. The van der Waals surface area contributed by atoms with Crippen LogP contribution in [0.25, 0.3) is 0 Å². The lowest BCUT2D eigenvalue weighted by Crippen LogP contribution is -2.35. The topological polar surface area (TPSA) is 32.3 Å². The highest BCUT2D eigenvalue weighted by molar-refractivity contribution is 6.32. The van der Waals surface area contributed by atoms with E-state index < -0.39 is 0 Å². The molecule has 0 radical (unpaired) electrons. The first-order valence-electron chi connectivity index (χ1n) is 6.67. The van der Waals surface area contributed by atoms with Gasteiger partial charge in [-0.05, 0) is 48.8 Å². The average Bonchev–Trinajstić information content (AvgIpc) is 2.32. The molecule has 2 N–H and O–H groups in total.